The Labute approximate surface area is 94.5 Å². The first-order valence-electron chi connectivity index (χ1n) is 6.03. The first kappa shape index (κ1) is 14.9. The zero-order valence-electron chi connectivity index (χ0n) is 10.7. The van der Waals surface area contributed by atoms with Crippen molar-refractivity contribution < 1.29 is 9.47 Å². The van der Waals surface area contributed by atoms with E-state index in [9.17, 15) is 0 Å². The van der Waals surface area contributed by atoms with Crippen molar-refractivity contribution in [3.05, 3.63) is 0 Å². The number of ether oxygens (including phenoxy) is 2. The molecule has 1 N–H and O–H groups in total. The third kappa shape index (κ3) is 10.2. The molecular formula is C12H27NO2. The number of rotatable bonds is 10. The van der Waals surface area contributed by atoms with Crippen LogP contribution in [-0.4, -0.2) is 39.0 Å². The van der Waals surface area contributed by atoms with Gasteiger partial charge in [-0.3, -0.25) is 0 Å². The van der Waals surface area contributed by atoms with Crippen molar-refractivity contribution in [1.29, 1.82) is 0 Å². The van der Waals surface area contributed by atoms with Crippen LogP contribution >= 0.6 is 0 Å². The molecule has 0 rings (SSSR count). The highest BCUT2D eigenvalue weighted by molar-refractivity contribution is 4.66. The maximum Gasteiger partial charge on any atom is 0.0701 e. The maximum absolute atomic E-state index is 5.45. The van der Waals surface area contributed by atoms with Crippen LogP contribution in [0, 0.1) is 0 Å². The molecule has 0 aromatic rings. The lowest BCUT2D eigenvalue weighted by Gasteiger charge is -2.19. The summed E-state index contributed by atoms with van der Waals surface area (Å²) in [7, 11) is 1.69. The van der Waals surface area contributed by atoms with Crippen LogP contribution in [0.2, 0.25) is 0 Å². The molecule has 0 aromatic heterocycles. The number of unbranched alkanes of at least 4 members (excludes halogenated alkanes) is 1. The minimum Gasteiger partial charge on any atom is -0.382 e. The average molecular weight is 217 g/mol. The molecule has 0 aliphatic heterocycles. The number of nitrogens with one attached hydrogen (secondary N) is 1. The van der Waals surface area contributed by atoms with Gasteiger partial charge in [0.05, 0.1) is 19.8 Å². The summed E-state index contributed by atoms with van der Waals surface area (Å²) in [5.41, 5.74) is 0. The number of hydrogen-bond acceptors (Lipinski definition) is 3. The molecule has 0 saturated heterocycles. The van der Waals surface area contributed by atoms with Gasteiger partial charge in [-0.25, -0.2) is 0 Å². The Morgan fingerprint density at radius 3 is 2.47 bits per heavy atom. The molecule has 0 aromatic carbocycles. The first-order chi connectivity index (χ1) is 7.20. The Kier molecular flexibility index (Phi) is 10.3. The summed E-state index contributed by atoms with van der Waals surface area (Å²) in [4.78, 5) is 0. The molecule has 2 unspecified atom stereocenters. The fraction of sp³-hybridized carbons (Fsp3) is 1.00. The third-order valence-corrected chi connectivity index (χ3v) is 2.36. The monoisotopic (exact) mass is 217 g/mol. The summed E-state index contributed by atoms with van der Waals surface area (Å²) >= 11 is 0. The summed E-state index contributed by atoms with van der Waals surface area (Å²) in [5.74, 6) is 0. The van der Waals surface area contributed by atoms with Crippen LogP contribution in [0.15, 0.2) is 0 Å². The minimum absolute atomic E-state index is 0.425. The molecule has 0 fully saturated rings. The van der Waals surface area contributed by atoms with Crippen LogP contribution in [0.4, 0.5) is 0 Å². The highest BCUT2D eigenvalue weighted by Gasteiger charge is 2.06. The predicted octanol–water partition coefficient (Wildman–Crippen LogP) is 2.21. The molecule has 3 heteroatoms. The molecule has 2 atom stereocenters. The molecule has 0 amide bonds. The topological polar surface area (TPSA) is 30.5 Å². The standard InChI is InChI=1S/C12H27NO2/c1-5-6-7-11(2)13-12(3)10-15-9-8-14-4/h11-13H,5-10H2,1-4H3. The molecular weight excluding hydrogens is 190 g/mol. The summed E-state index contributed by atoms with van der Waals surface area (Å²) in [6, 6.07) is 1.01. The third-order valence-electron chi connectivity index (χ3n) is 2.36. The van der Waals surface area contributed by atoms with Gasteiger partial charge in [0.25, 0.3) is 0 Å². The zero-order valence-corrected chi connectivity index (χ0v) is 10.7. The van der Waals surface area contributed by atoms with E-state index in [4.69, 9.17) is 9.47 Å². The second-order valence-corrected chi connectivity index (χ2v) is 4.18. The van der Waals surface area contributed by atoms with Gasteiger partial charge in [0.2, 0.25) is 0 Å². The second kappa shape index (κ2) is 10.4. The normalized spacial score (nSPS) is 15.2. The lowest BCUT2D eigenvalue weighted by atomic mass is 10.1. The molecule has 0 spiro atoms. The zero-order chi connectivity index (χ0) is 11.5. The van der Waals surface area contributed by atoms with E-state index in [0.717, 1.165) is 6.61 Å². The lowest BCUT2D eigenvalue weighted by Crippen LogP contribution is -2.37. The number of hydrogen-bond donors (Lipinski definition) is 1. The van der Waals surface area contributed by atoms with E-state index in [1.807, 2.05) is 0 Å². The van der Waals surface area contributed by atoms with Crippen molar-refractivity contribution in [3.63, 3.8) is 0 Å². The van der Waals surface area contributed by atoms with E-state index in [-0.39, 0.29) is 0 Å². The van der Waals surface area contributed by atoms with Gasteiger partial charge in [0.15, 0.2) is 0 Å². The van der Waals surface area contributed by atoms with Gasteiger partial charge in [-0.05, 0) is 20.3 Å². The largest absolute Gasteiger partial charge is 0.382 e. The minimum atomic E-state index is 0.425. The molecule has 0 heterocycles. The van der Waals surface area contributed by atoms with E-state index < -0.39 is 0 Å². The van der Waals surface area contributed by atoms with E-state index in [1.54, 1.807) is 7.11 Å². The molecule has 0 radical (unpaired) electrons. The lowest BCUT2D eigenvalue weighted by molar-refractivity contribution is 0.0595. The van der Waals surface area contributed by atoms with E-state index in [0.29, 0.717) is 25.3 Å². The van der Waals surface area contributed by atoms with Gasteiger partial charge in [-0.1, -0.05) is 19.8 Å². The average Bonchev–Trinajstić information content (AvgIpc) is 2.21. The fourth-order valence-electron chi connectivity index (χ4n) is 1.53. The van der Waals surface area contributed by atoms with Crippen molar-refractivity contribution >= 4 is 0 Å². The Morgan fingerprint density at radius 2 is 1.87 bits per heavy atom. The van der Waals surface area contributed by atoms with E-state index in [1.165, 1.54) is 19.3 Å². The molecule has 3 nitrogen and oxygen atoms in total. The van der Waals surface area contributed by atoms with E-state index >= 15 is 0 Å². The smallest absolute Gasteiger partial charge is 0.0701 e. The number of methoxy groups -OCH3 is 1. The summed E-state index contributed by atoms with van der Waals surface area (Å²) in [6.07, 6.45) is 3.81. The SMILES string of the molecule is CCCCC(C)NC(C)COCCOC. The molecule has 15 heavy (non-hydrogen) atoms. The van der Waals surface area contributed by atoms with E-state index in [2.05, 4.69) is 26.1 Å². The molecule has 92 valence electrons. The highest BCUT2D eigenvalue weighted by Crippen LogP contribution is 2.00. The summed E-state index contributed by atoms with van der Waals surface area (Å²) in [6.45, 7) is 8.75. The van der Waals surface area contributed by atoms with Crippen LogP contribution in [0.25, 0.3) is 0 Å². The van der Waals surface area contributed by atoms with Crippen molar-refractivity contribution in [1.82, 2.24) is 5.32 Å². The molecule has 0 aliphatic rings. The summed E-state index contributed by atoms with van der Waals surface area (Å²) < 4.78 is 10.4. The molecule has 0 aliphatic carbocycles. The molecule has 0 bridgehead atoms. The van der Waals surface area contributed by atoms with Crippen LogP contribution in [0.3, 0.4) is 0 Å². The van der Waals surface area contributed by atoms with Crippen molar-refractivity contribution in [2.75, 3.05) is 26.9 Å². The fourth-order valence-corrected chi connectivity index (χ4v) is 1.53. The second-order valence-electron chi connectivity index (χ2n) is 4.18. The quantitative estimate of drug-likeness (QED) is 0.569. The van der Waals surface area contributed by atoms with Gasteiger partial charge < -0.3 is 14.8 Å². The van der Waals surface area contributed by atoms with Crippen LogP contribution in [-0.2, 0) is 9.47 Å². The predicted molar refractivity (Wildman–Crippen MR) is 64.3 cm³/mol. The van der Waals surface area contributed by atoms with Crippen molar-refractivity contribution in [2.45, 2.75) is 52.1 Å². The first-order valence-corrected chi connectivity index (χ1v) is 6.03. The van der Waals surface area contributed by atoms with Crippen LogP contribution in [0.1, 0.15) is 40.0 Å². The Bertz CT molecular complexity index is 131. The highest BCUT2D eigenvalue weighted by atomic mass is 16.5. The Hall–Kier alpha value is -0.120. The van der Waals surface area contributed by atoms with Crippen molar-refractivity contribution in [2.24, 2.45) is 0 Å². The Morgan fingerprint density at radius 1 is 1.13 bits per heavy atom. The molecule has 0 saturated carbocycles. The van der Waals surface area contributed by atoms with Gasteiger partial charge in [-0.15, -0.1) is 0 Å². The van der Waals surface area contributed by atoms with Gasteiger partial charge >= 0.3 is 0 Å². The van der Waals surface area contributed by atoms with Crippen molar-refractivity contribution in [3.8, 4) is 0 Å². The van der Waals surface area contributed by atoms with Gasteiger partial charge in [0.1, 0.15) is 0 Å². The van der Waals surface area contributed by atoms with Gasteiger partial charge in [-0.2, -0.15) is 0 Å². The van der Waals surface area contributed by atoms with Crippen LogP contribution < -0.4 is 5.32 Å². The van der Waals surface area contributed by atoms with Gasteiger partial charge in [0, 0.05) is 19.2 Å². The summed E-state index contributed by atoms with van der Waals surface area (Å²) in [5, 5.41) is 3.53. The Balaban J connectivity index is 3.33. The van der Waals surface area contributed by atoms with Crippen LogP contribution in [0.5, 0.6) is 0 Å². The maximum atomic E-state index is 5.45.